The fourth-order valence-electron chi connectivity index (χ4n) is 3.63. The number of aromatic nitrogens is 1. The van der Waals surface area contributed by atoms with Crippen molar-refractivity contribution in [3.8, 4) is 0 Å². The number of unbranched alkanes of at least 4 members (excludes halogenated alkanes) is 1. The molecule has 0 radical (unpaired) electrons. The molecule has 138 valence electrons. The highest BCUT2D eigenvalue weighted by Crippen LogP contribution is 2.42. The van der Waals surface area contributed by atoms with Crippen molar-refractivity contribution in [3.63, 3.8) is 0 Å². The average molecular weight is 380 g/mol. The summed E-state index contributed by atoms with van der Waals surface area (Å²) in [7, 11) is 0. The number of H-pyrrole nitrogens is 1. The SMILES string of the molecule is CCCCN1C(=O)C(O)=C(C(=O)c2cccs2)C1c1c[nH]c2ccccc12. The molecule has 0 fully saturated rings. The molecule has 0 bridgehead atoms. The summed E-state index contributed by atoms with van der Waals surface area (Å²) in [6.07, 6.45) is 3.56. The van der Waals surface area contributed by atoms with Gasteiger partial charge in [-0.15, -0.1) is 11.3 Å². The molecule has 1 unspecified atom stereocenters. The summed E-state index contributed by atoms with van der Waals surface area (Å²) in [6.45, 7) is 2.54. The van der Waals surface area contributed by atoms with E-state index in [0.717, 1.165) is 29.3 Å². The van der Waals surface area contributed by atoms with Gasteiger partial charge in [0.2, 0.25) is 5.78 Å². The number of rotatable bonds is 6. The Morgan fingerprint density at radius 2 is 2.07 bits per heavy atom. The van der Waals surface area contributed by atoms with Gasteiger partial charge in [0.25, 0.3) is 5.91 Å². The normalized spacial score (nSPS) is 17.3. The average Bonchev–Trinajstić information content (AvgIpc) is 3.40. The lowest BCUT2D eigenvalue weighted by Crippen LogP contribution is -2.32. The molecule has 3 heterocycles. The van der Waals surface area contributed by atoms with Gasteiger partial charge in [0.05, 0.1) is 16.5 Å². The number of aromatic amines is 1. The largest absolute Gasteiger partial charge is 0.503 e. The minimum Gasteiger partial charge on any atom is -0.503 e. The van der Waals surface area contributed by atoms with Crippen LogP contribution in [0.3, 0.4) is 0 Å². The molecule has 5 nitrogen and oxygen atoms in total. The monoisotopic (exact) mass is 380 g/mol. The summed E-state index contributed by atoms with van der Waals surface area (Å²) in [5.41, 5.74) is 1.94. The maximum atomic E-state index is 13.1. The Balaban J connectivity index is 1.86. The van der Waals surface area contributed by atoms with Crippen molar-refractivity contribution in [3.05, 3.63) is 69.7 Å². The van der Waals surface area contributed by atoms with Crippen LogP contribution < -0.4 is 0 Å². The van der Waals surface area contributed by atoms with E-state index >= 15 is 0 Å². The molecule has 6 heteroatoms. The van der Waals surface area contributed by atoms with Crippen LogP contribution in [0.1, 0.15) is 41.0 Å². The Hall–Kier alpha value is -2.86. The van der Waals surface area contributed by atoms with Gasteiger partial charge in [0.1, 0.15) is 0 Å². The van der Waals surface area contributed by atoms with Crippen LogP contribution in [0.5, 0.6) is 0 Å². The number of aliphatic hydroxyl groups is 1. The Bertz CT molecular complexity index is 1030. The van der Waals surface area contributed by atoms with Gasteiger partial charge in [-0.05, 0) is 23.9 Å². The number of thiophene rings is 1. The molecule has 1 aliphatic heterocycles. The minimum atomic E-state index is -0.588. The smallest absolute Gasteiger partial charge is 0.290 e. The van der Waals surface area contributed by atoms with Crippen LogP contribution in [0.4, 0.5) is 0 Å². The van der Waals surface area contributed by atoms with Crippen molar-refractivity contribution < 1.29 is 14.7 Å². The first-order chi connectivity index (χ1) is 13.1. The molecule has 0 saturated carbocycles. The highest BCUT2D eigenvalue weighted by Gasteiger charge is 2.44. The second-order valence-electron chi connectivity index (χ2n) is 6.61. The summed E-state index contributed by atoms with van der Waals surface area (Å²) in [4.78, 5) is 31.3. The molecule has 1 aromatic carbocycles. The zero-order valence-electron chi connectivity index (χ0n) is 14.9. The lowest BCUT2D eigenvalue weighted by molar-refractivity contribution is -0.129. The zero-order chi connectivity index (χ0) is 19.0. The van der Waals surface area contributed by atoms with Crippen LogP contribution in [-0.4, -0.2) is 33.2 Å². The van der Waals surface area contributed by atoms with Crippen LogP contribution in [0, 0.1) is 0 Å². The van der Waals surface area contributed by atoms with Gasteiger partial charge in [-0.3, -0.25) is 9.59 Å². The maximum absolute atomic E-state index is 13.1. The van der Waals surface area contributed by atoms with E-state index in [-0.39, 0.29) is 11.4 Å². The third kappa shape index (κ3) is 2.86. The Kier molecular flexibility index (Phi) is 4.58. The third-order valence-electron chi connectivity index (χ3n) is 4.96. The van der Waals surface area contributed by atoms with Crippen LogP contribution in [0.15, 0.2) is 59.3 Å². The first kappa shape index (κ1) is 17.5. The van der Waals surface area contributed by atoms with Crippen LogP contribution >= 0.6 is 11.3 Å². The molecule has 27 heavy (non-hydrogen) atoms. The first-order valence-electron chi connectivity index (χ1n) is 9.01. The Morgan fingerprint density at radius 1 is 1.26 bits per heavy atom. The molecular formula is C21H20N2O3S. The van der Waals surface area contributed by atoms with E-state index < -0.39 is 17.7 Å². The number of para-hydroxylation sites is 1. The number of Topliss-reactive ketones (excluding diaryl/α,β-unsaturated/α-hetero) is 1. The van der Waals surface area contributed by atoms with Crippen LogP contribution in [-0.2, 0) is 4.79 Å². The third-order valence-corrected chi connectivity index (χ3v) is 5.83. The lowest BCUT2D eigenvalue weighted by Gasteiger charge is -2.26. The van der Waals surface area contributed by atoms with Crippen molar-refractivity contribution in [2.75, 3.05) is 6.54 Å². The lowest BCUT2D eigenvalue weighted by atomic mass is 9.95. The zero-order valence-corrected chi connectivity index (χ0v) is 15.8. The van der Waals surface area contributed by atoms with Crippen molar-refractivity contribution in [2.24, 2.45) is 0 Å². The summed E-state index contributed by atoms with van der Waals surface area (Å²) in [5.74, 6) is -1.19. The van der Waals surface area contributed by atoms with Gasteiger partial charge >= 0.3 is 0 Å². The van der Waals surface area contributed by atoms with E-state index in [0.29, 0.717) is 11.4 Å². The predicted molar refractivity (Wildman–Crippen MR) is 106 cm³/mol. The van der Waals surface area contributed by atoms with E-state index in [4.69, 9.17) is 0 Å². The molecule has 0 saturated heterocycles. The predicted octanol–water partition coefficient (Wildman–Crippen LogP) is 4.61. The van der Waals surface area contributed by atoms with E-state index in [1.54, 1.807) is 17.0 Å². The van der Waals surface area contributed by atoms with E-state index in [9.17, 15) is 14.7 Å². The molecule has 1 amide bonds. The summed E-state index contributed by atoms with van der Waals surface area (Å²) >= 11 is 1.31. The van der Waals surface area contributed by atoms with Crippen LogP contribution in [0.25, 0.3) is 10.9 Å². The highest BCUT2D eigenvalue weighted by molar-refractivity contribution is 7.12. The molecule has 0 aliphatic carbocycles. The van der Waals surface area contributed by atoms with E-state index in [1.165, 1.54) is 11.3 Å². The number of carbonyl (C=O) groups is 2. The number of nitrogens with one attached hydrogen (secondary N) is 1. The quantitative estimate of drug-likeness (QED) is 0.614. The number of hydrogen-bond acceptors (Lipinski definition) is 4. The van der Waals surface area contributed by atoms with Crippen molar-refractivity contribution in [1.82, 2.24) is 9.88 Å². The number of ketones is 1. The summed E-state index contributed by atoms with van der Waals surface area (Å²) in [6, 6.07) is 10.7. The number of aliphatic hydroxyl groups excluding tert-OH is 1. The van der Waals surface area contributed by atoms with E-state index in [1.807, 2.05) is 42.8 Å². The van der Waals surface area contributed by atoms with Gasteiger partial charge in [-0.2, -0.15) is 0 Å². The molecule has 1 atom stereocenters. The number of fused-ring (bicyclic) bond motifs is 1. The maximum Gasteiger partial charge on any atom is 0.290 e. The minimum absolute atomic E-state index is 0.170. The summed E-state index contributed by atoms with van der Waals surface area (Å²) in [5, 5.41) is 13.4. The Morgan fingerprint density at radius 3 is 2.81 bits per heavy atom. The van der Waals surface area contributed by atoms with Gasteiger partial charge in [0.15, 0.2) is 5.76 Å². The van der Waals surface area contributed by atoms with Crippen molar-refractivity contribution in [2.45, 2.75) is 25.8 Å². The van der Waals surface area contributed by atoms with Gasteiger partial charge in [-0.25, -0.2) is 0 Å². The van der Waals surface area contributed by atoms with Crippen molar-refractivity contribution in [1.29, 1.82) is 0 Å². The molecule has 4 rings (SSSR count). The molecule has 1 aliphatic rings. The first-order valence-corrected chi connectivity index (χ1v) is 9.89. The second-order valence-corrected chi connectivity index (χ2v) is 7.56. The fraction of sp³-hybridized carbons (Fsp3) is 0.238. The molecule has 0 spiro atoms. The molecule has 2 N–H and O–H groups in total. The van der Waals surface area contributed by atoms with Crippen molar-refractivity contribution >= 4 is 33.9 Å². The van der Waals surface area contributed by atoms with Gasteiger partial charge in [-0.1, -0.05) is 37.6 Å². The summed E-state index contributed by atoms with van der Waals surface area (Å²) < 4.78 is 0. The highest BCUT2D eigenvalue weighted by atomic mass is 32.1. The number of hydrogen-bond donors (Lipinski definition) is 2. The second kappa shape index (κ2) is 7.04. The van der Waals surface area contributed by atoms with Gasteiger partial charge < -0.3 is 15.0 Å². The Labute approximate surface area is 160 Å². The number of amides is 1. The number of nitrogens with zero attached hydrogens (tertiary/aromatic N) is 1. The number of carbonyl (C=O) groups excluding carboxylic acids is 2. The molecular weight excluding hydrogens is 360 g/mol. The van der Waals surface area contributed by atoms with Gasteiger partial charge in [0, 0.05) is 29.2 Å². The van der Waals surface area contributed by atoms with Crippen LogP contribution in [0.2, 0.25) is 0 Å². The molecule has 3 aromatic rings. The fourth-order valence-corrected chi connectivity index (χ4v) is 4.31. The number of benzene rings is 1. The standard InChI is InChI=1S/C21H20N2O3S/c1-2-3-10-23-18(14-12-22-15-8-5-4-7-13(14)15)17(20(25)21(23)26)19(24)16-9-6-11-27-16/h4-9,11-12,18,22,25H,2-3,10H2,1H3. The molecule has 2 aromatic heterocycles. The topological polar surface area (TPSA) is 73.4 Å². The van der Waals surface area contributed by atoms with E-state index in [2.05, 4.69) is 4.98 Å².